The van der Waals surface area contributed by atoms with Crippen LogP contribution in [-0.2, 0) is 0 Å². The summed E-state index contributed by atoms with van der Waals surface area (Å²) in [4.78, 5) is 0. The molecule has 106 valence electrons. The maximum Gasteiger partial charge on any atom is 0.189 e. The summed E-state index contributed by atoms with van der Waals surface area (Å²) < 4.78 is 15.9. The number of hydrogen-bond donors (Lipinski definition) is 1. The highest BCUT2D eigenvalue weighted by molar-refractivity contribution is 9.10. The second-order valence-electron chi connectivity index (χ2n) is 4.19. The van der Waals surface area contributed by atoms with Crippen molar-refractivity contribution < 1.29 is 4.39 Å². The van der Waals surface area contributed by atoms with Crippen LogP contribution in [0.3, 0.4) is 0 Å². The van der Waals surface area contributed by atoms with Gasteiger partial charge in [-0.2, -0.15) is 4.68 Å². The number of tetrazole rings is 1. The number of hydrogen-bond acceptors (Lipinski definition) is 4. The summed E-state index contributed by atoms with van der Waals surface area (Å²) in [5, 5.41) is 11.8. The highest BCUT2D eigenvalue weighted by Gasteiger charge is 2.19. The van der Waals surface area contributed by atoms with Gasteiger partial charge in [0.1, 0.15) is 11.5 Å². The molecule has 2 N–H and O–H groups in total. The molecule has 2 aromatic carbocycles. The average molecular weight is 369 g/mol. The summed E-state index contributed by atoms with van der Waals surface area (Å²) in [5.74, 6) is -0.153. The summed E-state index contributed by atoms with van der Waals surface area (Å²) in [6.07, 6.45) is 0. The van der Waals surface area contributed by atoms with E-state index in [4.69, 9.17) is 17.3 Å². The van der Waals surface area contributed by atoms with Crippen LogP contribution in [-0.4, -0.2) is 20.2 Å². The van der Waals surface area contributed by atoms with E-state index in [1.165, 1.54) is 10.7 Å². The van der Waals surface area contributed by atoms with Gasteiger partial charge in [-0.3, -0.25) is 0 Å². The Labute approximate surface area is 132 Å². The molecule has 0 unspecified atom stereocenters. The first-order valence-electron chi connectivity index (χ1n) is 5.86. The van der Waals surface area contributed by atoms with Gasteiger partial charge in [0.25, 0.3) is 0 Å². The molecule has 0 saturated heterocycles. The number of rotatable bonds is 2. The molecule has 0 aliphatic rings. The van der Waals surface area contributed by atoms with E-state index in [1.54, 1.807) is 30.3 Å². The largest absolute Gasteiger partial charge is 0.397 e. The zero-order valence-corrected chi connectivity index (χ0v) is 12.8. The molecule has 5 nitrogen and oxygen atoms in total. The summed E-state index contributed by atoms with van der Waals surface area (Å²) in [5.41, 5.74) is 7.02. The minimum absolute atomic E-state index is 0.205. The van der Waals surface area contributed by atoms with Crippen molar-refractivity contribution in [3.8, 4) is 17.1 Å². The van der Waals surface area contributed by atoms with E-state index in [0.29, 0.717) is 26.6 Å². The molecule has 1 heterocycles. The van der Waals surface area contributed by atoms with Crippen molar-refractivity contribution in [2.75, 3.05) is 5.73 Å². The van der Waals surface area contributed by atoms with Gasteiger partial charge in [-0.25, -0.2) is 4.39 Å². The van der Waals surface area contributed by atoms with Crippen LogP contribution in [0.4, 0.5) is 10.1 Å². The zero-order valence-electron chi connectivity index (χ0n) is 10.5. The van der Waals surface area contributed by atoms with Crippen molar-refractivity contribution in [2.24, 2.45) is 0 Å². The van der Waals surface area contributed by atoms with Crippen LogP contribution >= 0.6 is 27.5 Å². The number of nitrogens with two attached hydrogens (primary N) is 1. The van der Waals surface area contributed by atoms with Crippen LogP contribution in [0.1, 0.15) is 0 Å². The van der Waals surface area contributed by atoms with Crippen LogP contribution in [0.15, 0.2) is 40.9 Å². The fourth-order valence-electron chi connectivity index (χ4n) is 1.93. The molecule has 0 bridgehead atoms. The van der Waals surface area contributed by atoms with Gasteiger partial charge in [0.2, 0.25) is 0 Å². The summed E-state index contributed by atoms with van der Waals surface area (Å²) in [6, 6.07) is 9.72. The smallest absolute Gasteiger partial charge is 0.189 e. The molecule has 0 amide bonds. The first kappa shape index (κ1) is 14.0. The predicted octanol–water partition coefficient (Wildman–Crippen LogP) is 3.47. The minimum Gasteiger partial charge on any atom is -0.397 e. The Hall–Kier alpha value is -1.99. The van der Waals surface area contributed by atoms with Gasteiger partial charge in [0, 0.05) is 10.0 Å². The van der Waals surface area contributed by atoms with E-state index in [1.807, 2.05) is 0 Å². The Kier molecular flexibility index (Phi) is 3.60. The van der Waals surface area contributed by atoms with Crippen molar-refractivity contribution in [1.29, 1.82) is 0 Å². The van der Waals surface area contributed by atoms with E-state index in [0.717, 1.165) is 0 Å². The summed E-state index contributed by atoms with van der Waals surface area (Å²) in [6.45, 7) is 0. The van der Waals surface area contributed by atoms with E-state index in [9.17, 15) is 4.39 Å². The Morgan fingerprint density at radius 1 is 1.19 bits per heavy atom. The second-order valence-corrected chi connectivity index (χ2v) is 5.45. The quantitative estimate of drug-likeness (QED) is 0.703. The normalized spacial score (nSPS) is 10.8. The van der Waals surface area contributed by atoms with Gasteiger partial charge in [0.05, 0.1) is 10.7 Å². The highest BCUT2D eigenvalue weighted by Crippen LogP contribution is 2.32. The molecule has 8 heteroatoms. The number of nitrogen functional groups attached to an aromatic ring is 1. The molecule has 0 saturated carbocycles. The van der Waals surface area contributed by atoms with E-state index >= 15 is 0 Å². The van der Waals surface area contributed by atoms with Crippen LogP contribution in [0, 0.1) is 5.82 Å². The van der Waals surface area contributed by atoms with Gasteiger partial charge in [-0.1, -0.05) is 23.7 Å². The molecule has 21 heavy (non-hydrogen) atoms. The second kappa shape index (κ2) is 5.42. The molecule has 0 aliphatic heterocycles. The molecular formula is C13H8BrClFN5. The third kappa shape index (κ3) is 2.38. The van der Waals surface area contributed by atoms with Crippen molar-refractivity contribution in [3.63, 3.8) is 0 Å². The van der Waals surface area contributed by atoms with Crippen molar-refractivity contribution >= 4 is 33.2 Å². The van der Waals surface area contributed by atoms with Crippen LogP contribution in [0.5, 0.6) is 0 Å². The Balaban J connectivity index is 2.25. The molecule has 0 fully saturated rings. The van der Waals surface area contributed by atoms with Crippen molar-refractivity contribution in [2.45, 2.75) is 0 Å². The lowest BCUT2D eigenvalue weighted by atomic mass is 10.1. The van der Waals surface area contributed by atoms with Gasteiger partial charge in [-0.15, -0.1) is 5.10 Å². The van der Waals surface area contributed by atoms with Gasteiger partial charge in [-0.05, 0) is 50.6 Å². The monoisotopic (exact) mass is 367 g/mol. The molecule has 3 rings (SSSR count). The van der Waals surface area contributed by atoms with Gasteiger partial charge < -0.3 is 5.73 Å². The molecule has 3 aromatic rings. The fraction of sp³-hybridized carbons (Fsp3) is 0. The maximum absolute atomic E-state index is 14.1. The lowest BCUT2D eigenvalue weighted by molar-refractivity contribution is 0.606. The first-order chi connectivity index (χ1) is 10.1. The SMILES string of the molecule is Nc1c(Cl)cccc1-c1nnnn1-c1c(F)cccc1Br. The van der Waals surface area contributed by atoms with Crippen LogP contribution in [0.2, 0.25) is 5.02 Å². The lowest BCUT2D eigenvalue weighted by Crippen LogP contribution is -2.05. The number of para-hydroxylation sites is 2. The maximum atomic E-state index is 14.1. The van der Waals surface area contributed by atoms with Crippen molar-refractivity contribution in [3.05, 3.63) is 51.7 Å². The van der Waals surface area contributed by atoms with Crippen LogP contribution < -0.4 is 5.73 Å². The lowest BCUT2D eigenvalue weighted by Gasteiger charge is -2.10. The molecule has 0 spiro atoms. The van der Waals surface area contributed by atoms with E-state index in [2.05, 4.69) is 31.5 Å². The van der Waals surface area contributed by atoms with E-state index < -0.39 is 5.82 Å². The Bertz CT molecular complexity index is 800. The minimum atomic E-state index is -0.460. The topological polar surface area (TPSA) is 69.6 Å². The third-order valence-corrected chi connectivity index (χ3v) is 3.88. The standard InChI is InChI=1S/C13H8BrClFN5/c14-8-4-2-6-10(16)12(8)21-13(18-19-20-21)7-3-1-5-9(15)11(7)17/h1-6H,17H2. The third-order valence-electron chi connectivity index (χ3n) is 2.91. The summed E-state index contributed by atoms with van der Waals surface area (Å²) >= 11 is 9.30. The van der Waals surface area contributed by atoms with Gasteiger partial charge >= 0.3 is 0 Å². The molecule has 0 atom stereocenters. The number of anilines is 1. The average Bonchev–Trinajstić information content (AvgIpc) is 2.91. The molecule has 0 aliphatic carbocycles. The Morgan fingerprint density at radius 3 is 2.71 bits per heavy atom. The summed E-state index contributed by atoms with van der Waals surface area (Å²) in [7, 11) is 0. The highest BCUT2D eigenvalue weighted by atomic mass is 79.9. The Morgan fingerprint density at radius 2 is 1.95 bits per heavy atom. The fourth-order valence-corrected chi connectivity index (χ4v) is 2.61. The van der Waals surface area contributed by atoms with E-state index in [-0.39, 0.29) is 5.69 Å². The molecule has 0 radical (unpaired) electrons. The number of aromatic nitrogens is 4. The van der Waals surface area contributed by atoms with Crippen molar-refractivity contribution in [1.82, 2.24) is 20.2 Å². The molecule has 1 aromatic heterocycles. The number of halogens is 3. The van der Waals surface area contributed by atoms with Crippen LogP contribution in [0.25, 0.3) is 17.1 Å². The van der Waals surface area contributed by atoms with Gasteiger partial charge in [0.15, 0.2) is 5.82 Å². The first-order valence-corrected chi connectivity index (χ1v) is 7.04. The number of nitrogens with zero attached hydrogens (tertiary/aromatic N) is 4. The predicted molar refractivity (Wildman–Crippen MR) is 81.7 cm³/mol. The zero-order chi connectivity index (χ0) is 15.0. The molecular weight excluding hydrogens is 361 g/mol. The number of benzene rings is 2.